The van der Waals surface area contributed by atoms with Crippen molar-refractivity contribution < 1.29 is 4.79 Å². The van der Waals surface area contributed by atoms with E-state index in [0.717, 1.165) is 0 Å². The minimum absolute atomic E-state index is 0.196. The topological polar surface area (TPSA) is 102 Å². The molecule has 1 aromatic heterocycles. The standard InChI is InChI=1S/C19H21N5O2/c1-3-21-19(26)22-13-7-6-8-14(11-13)24-17(12(2)20)23-16-10-5-4-9-15(16)18(24)25/h4-12H,3,20H2,1-2H3,(H2,21,22,26). The molecule has 26 heavy (non-hydrogen) atoms. The van der Waals surface area contributed by atoms with Crippen LogP contribution in [0.5, 0.6) is 0 Å². The van der Waals surface area contributed by atoms with Crippen molar-refractivity contribution in [2.45, 2.75) is 19.9 Å². The van der Waals surface area contributed by atoms with Crippen molar-refractivity contribution in [3.8, 4) is 5.69 Å². The molecule has 0 bridgehead atoms. The third kappa shape index (κ3) is 3.43. The van der Waals surface area contributed by atoms with Crippen LogP contribution >= 0.6 is 0 Å². The van der Waals surface area contributed by atoms with Crippen molar-refractivity contribution in [3.05, 3.63) is 64.7 Å². The molecule has 0 fully saturated rings. The van der Waals surface area contributed by atoms with Crippen LogP contribution in [0.1, 0.15) is 25.7 Å². The van der Waals surface area contributed by atoms with Crippen LogP contribution in [0.2, 0.25) is 0 Å². The Bertz CT molecular complexity index is 1010. The molecule has 0 saturated carbocycles. The van der Waals surface area contributed by atoms with Gasteiger partial charge in [-0.2, -0.15) is 0 Å². The molecule has 3 aromatic rings. The van der Waals surface area contributed by atoms with Crippen LogP contribution in [0.25, 0.3) is 16.6 Å². The minimum Gasteiger partial charge on any atom is -0.338 e. The van der Waals surface area contributed by atoms with E-state index in [1.807, 2.05) is 13.0 Å². The predicted octanol–water partition coefficient (Wildman–Crippen LogP) is 2.55. The third-order valence-corrected chi connectivity index (χ3v) is 3.91. The van der Waals surface area contributed by atoms with E-state index < -0.39 is 6.04 Å². The van der Waals surface area contributed by atoms with Crippen LogP contribution in [0.4, 0.5) is 10.5 Å². The molecule has 2 aromatic carbocycles. The van der Waals surface area contributed by atoms with Gasteiger partial charge in [0.2, 0.25) is 0 Å². The van der Waals surface area contributed by atoms with Crippen molar-refractivity contribution in [1.82, 2.24) is 14.9 Å². The van der Waals surface area contributed by atoms with Crippen molar-refractivity contribution >= 4 is 22.6 Å². The summed E-state index contributed by atoms with van der Waals surface area (Å²) in [6.07, 6.45) is 0. The molecular weight excluding hydrogens is 330 g/mol. The lowest BCUT2D eigenvalue weighted by Gasteiger charge is -2.16. The van der Waals surface area contributed by atoms with Crippen molar-refractivity contribution in [1.29, 1.82) is 0 Å². The lowest BCUT2D eigenvalue weighted by Crippen LogP contribution is -2.29. The Kier molecular flexibility index (Phi) is 4.99. The fourth-order valence-electron chi connectivity index (χ4n) is 2.76. The van der Waals surface area contributed by atoms with Gasteiger partial charge in [-0.15, -0.1) is 0 Å². The smallest absolute Gasteiger partial charge is 0.319 e. The molecule has 3 rings (SSSR count). The number of rotatable bonds is 4. The second kappa shape index (κ2) is 7.37. The van der Waals surface area contributed by atoms with E-state index >= 15 is 0 Å². The van der Waals surface area contributed by atoms with E-state index in [1.54, 1.807) is 49.4 Å². The van der Waals surface area contributed by atoms with Gasteiger partial charge in [-0.05, 0) is 44.2 Å². The quantitative estimate of drug-likeness (QED) is 0.672. The number of amides is 2. The van der Waals surface area contributed by atoms with E-state index in [-0.39, 0.29) is 11.6 Å². The molecule has 0 saturated heterocycles. The van der Waals surface area contributed by atoms with Gasteiger partial charge in [0.1, 0.15) is 5.82 Å². The largest absolute Gasteiger partial charge is 0.338 e. The van der Waals surface area contributed by atoms with Gasteiger partial charge in [-0.25, -0.2) is 9.78 Å². The molecule has 7 heteroatoms. The van der Waals surface area contributed by atoms with Gasteiger partial charge in [0.05, 0.1) is 22.6 Å². The Labute approximate surface area is 150 Å². The zero-order chi connectivity index (χ0) is 18.7. The molecule has 134 valence electrons. The second-order valence-electron chi connectivity index (χ2n) is 5.95. The summed E-state index contributed by atoms with van der Waals surface area (Å²) in [4.78, 5) is 29.4. The van der Waals surface area contributed by atoms with Crippen LogP contribution < -0.4 is 21.9 Å². The molecule has 1 atom stereocenters. The first kappa shape index (κ1) is 17.6. The van der Waals surface area contributed by atoms with E-state index in [1.165, 1.54) is 4.57 Å². The highest BCUT2D eigenvalue weighted by atomic mass is 16.2. The fraction of sp³-hybridized carbons (Fsp3) is 0.211. The molecule has 7 nitrogen and oxygen atoms in total. The zero-order valence-corrected chi connectivity index (χ0v) is 14.7. The summed E-state index contributed by atoms with van der Waals surface area (Å²) < 4.78 is 1.50. The number of para-hydroxylation sites is 1. The van der Waals surface area contributed by atoms with Crippen LogP contribution in [0.15, 0.2) is 53.3 Å². The summed E-state index contributed by atoms with van der Waals surface area (Å²) in [5.41, 5.74) is 7.65. The normalized spacial score (nSPS) is 12.0. The van der Waals surface area contributed by atoms with E-state index in [4.69, 9.17) is 5.73 Å². The Balaban J connectivity index is 2.15. The number of nitrogens with two attached hydrogens (primary N) is 1. The van der Waals surface area contributed by atoms with Gasteiger partial charge in [0.25, 0.3) is 5.56 Å². The molecule has 0 aliphatic rings. The number of nitrogens with one attached hydrogen (secondary N) is 2. The lowest BCUT2D eigenvalue weighted by molar-refractivity contribution is 0.252. The number of nitrogens with zero attached hydrogens (tertiary/aromatic N) is 2. The average Bonchev–Trinajstić information content (AvgIpc) is 2.62. The monoisotopic (exact) mass is 351 g/mol. The number of benzene rings is 2. The summed E-state index contributed by atoms with van der Waals surface area (Å²) in [6.45, 7) is 4.14. The zero-order valence-electron chi connectivity index (χ0n) is 14.7. The number of hydrogen-bond donors (Lipinski definition) is 3. The third-order valence-electron chi connectivity index (χ3n) is 3.91. The van der Waals surface area contributed by atoms with Crippen LogP contribution in [-0.2, 0) is 0 Å². The van der Waals surface area contributed by atoms with E-state index in [9.17, 15) is 9.59 Å². The summed E-state index contributed by atoms with van der Waals surface area (Å²) in [7, 11) is 0. The van der Waals surface area contributed by atoms with Gasteiger partial charge in [0, 0.05) is 12.2 Å². The number of hydrogen-bond acceptors (Lipinski definition) is 4. The fourth-order valence-corrected chi connectivity index (χ4v) is 2.76. The number of carbonyl (C=O) groups is 1. The van der Waals surface area contributed by atoms with Gasteiger partial charge >= 0.3 is 6.03 Å². The number of fused-ring (bicyclic) bond motifs is 1. The van der Waals surface area contributed by atoms with E-state index in [2.05, 4.69) is 15.6 Å². The molecule has 0 aliphatic carbocycles. The molecule has 4 N–H and O–H groups in total. The average molecular weight is 351 g/mol. The Morgan fingerprint density at radius 2 is 2.00 bits per heavy atom. The van der Waals surface area contributed by atoms with Gasteiger partial charge in [0.15, 0.2) is 0 Å². The highest BCUT2D eigenvalue weighted by molar-refractivity contribution is 5.89. The molecular formula is C19H21N5O2. The maximum atomic E-state index is 13.1. The predicted molar refractivity (Wildman–Crippen MR) is 103 cm³/mol. The Morgan fingerprint density at radius 1 is 1.23 bits per heavy atom. The Hall–Kier alpha value is -3.19. The number of carbonyl (C=O) groups excluding carboxylic acids is 1. The molecule has 0 spiro atoms. The maximum absolute atomic E-state index is 13.1. The van der Waals surface area contributed by atoms with Crippen molar-refractivity contribution in [2.24, 2.45) is 5.73 Å². The van der Waals surface area contributed by atoms with Crippen LogP contribution in [-0.4, -0.2) is 22.1 Å². The summed E-state index contributed by atoms with van der Waals surface area (Å²) in [5.74, 6) is 0.462. The summed E-state index contributed by atoms with van der Waals surface area (Å²) in [5, 5.41) is 5.92. The molecule has 1 unspecified atom stereocenters. The second-order valence-corrected chi connectivity index (χ2v) is 5.95. The first-order valence-corrected chi connectivity index (χ1v) is 8.44. The van der Waals surface area contributed by atoms with Gasteiger partial charge in [-0.3, -0.25) is 9.36 Å². The van der Waals surface area contributed by atoms with Gasteiger partial charge in [-0.1, -0.05) is 18.2 Å². The van der Waals surface area contributed by atoms with Crippen LogP contribution in [0, 0.1) is 0 Å². The van der Waals surface area contributed by atoms with Crippen LogP contribution in [0.3, 0.4) is 0 Å². The molecule has 0 aliphatic heterocycles. The highest BCUT2D eigenvalue weighted by Gasteiger charge is 2.15. The molecule has 2 amide bonds. The number of anilines is 1. The lowest BCUT2D eigenvalue weighted by atomic mass is 10.2. The Morgan fingerprint density at radius 3 is 2.73 bits per heavy atom. The van der Waals surface area contributed by atoms with Crippen molar-refractivity contribution in [3.63, 3.8) is 0 Å². The summed E-state index contributed by atoms with van der Waals surface area (Å²) >= 11 is 0. The van der Waals surface area contributed by atoms with E-state index in [0.29, 0.717) is 34.6 Å². The minimum atomic E-state index is -0.438. The first-order chi connectivity index (χ1) is 12.5. The maximum Gasteiger partial charge on any atom is 0.319 e. The van der Waals surface area contributed by atoms with Crippen molar-refractivity contribution in [2.75, 3.05) is 11.9 Å². The molecule has 0 radical (unpaired) electrons. The first-order valence-electron chi connectivity index (χ1n) is 8.44. The number of urea groups is 1. The summed E-state index contributed by atoms with van der Waals surface area (Å²) in [6, 6.07) is 13.4. The SMILES string of the molecule is CCNC(=O)Nc1cccc(-n2c(C(C)N)nc3ccccc3c2=O)c1. The number of aromatic nitrogens is 2. The molecule has 1 heterocycles. The highest BCUT2D eigenvalue weighted by Crippen LogP contribution is 2.19. The van der Waals surface area contributed by atoms with Gasteiger partial charge < -0.3 is 16.4 Å².